The molecule has 21 heavy (non-hydrogen) atoms. The molecule has 0 radical (unpaired) electrons. The van der Waals surface area contributed by atoms with Crippen LogP contribution in [0.25, 0.3) is 5.57 Å². The van der Waals surface area contributed by atoms with Crippen molar-refractivity contribution in [2.24, 2.45) is 0 Å². The number of hydrogen-bond acceptors (Lipinski definition) is 4. The molecule has 3 rings (SSSR count). The zero-order chi connectivity index (χ0) is 14.7. The van der Waals surface area contributed by atoms with Crippen LogP contribution in [0.2, 0.25) is 5.02 Å². The van der Waals surface area contributed by atoms with Crippen molar-refractivity contribution in [3.8, 4) is 0 Å². The molecular weight excluding hydrogens is 306 g/mol. The number of rotatable bonds is 4. The van der Waals surface area contributed by atoms with Crippen LogP contribution in [0.4, 0.5) is 0 Å². The summed E-state index contributed by atoms with van der Waals surface area (Å²) in [5, 5.41) is 1.64. The molecule has 0 aliphatic carbocycles. The smallest absolute Gasteiger partial charge is 0.161 e. The molecule has 0 N–H and O–H groups in total. The fourth-order valence-electron chi connectivity index (χ4n) is 2.24. The molecule has 108 valence electrons. The molecule has 0 bridgehead atoms. The zero-order valence-electron chi connectivity index (χ0n) is 11.3. The van der Waals surface area contributed by atoms with Gasteiger partial charge in [0.1, 0.15) is 5.01 Å². The fraction of sp³-hybridized carbons (Fsp3) is 0.250. The van der Waals surface area contributed by atoms with E-state index >= 15 is 0 Å². The van der Waals surface area contributed by atoms with Gasteiger partial charge < -0.3 is 4.74 Å². The number of ether oxygens (including phenoxy) is 1. The van der Waals surface area contributed by atoms with E-state index in [-0.39, 0.29) is 0 Å². The summed E-state index contributed by atoms with van der Waals surface area (Å²) in [4.78, 5) is 16.6. The summed E-state index contributed by atoms with van der Waals surface area (Å²) >= 11 is 7.35. The van der Waals surface area contributed by atoms with Crippen molar-refractivity contribution in [2.75, 3.05) is 13.2 Å². The maximum Gasteiger partial charge on any atom is 0.161 e. The summed E-state index contributed by atoms with van der Waals surface area (Å²) in [6.45, 7) is 1.34. The molecule has 3 nitrogen and oxygen atoms in total. The quantitative estimate of drug-likeness (QED) is 0.799. The first-order valence-corrected chi connectivity index (χ1v) is 7.92. The van der Waals surface area contributed by atoms with E-state index in [1.807, 2.05) is 30.3 Å². The third-order valence-corrected chi connectivity index (χ3v) is 4.71. The highest BCUT2D eigenvalue weighted by Gasteiger charge is 2.15. The third kappa shape index (κ3) is 3.40. The first kappa shape index (κ1) is 14.4. The monoisotopic (exact) mass is 319 g/mol. The Bertz CT molecular complexity index is 676. The van der Waals surface area contributed by atoms with Gasteiger partial charge in [-0.15, -0.1) is 11.3 Å². The molecule has 1 aromatic heterocycles. The summed E-state index contributed by atoms with van der Waals surface area (Å²) in [6.07, 6.45) is 4.44. The number of nitrogens with zero attached hydrogens (tertiary/aromatic N) is 1. The summed E-state index contributed by atoms with van der Waals surface area (Å²) in [6, 6.07) is 7.63. The highest BCUT2D eigenvalue weighted by atomic mass is 35.5. The number of thiazole rings is 1. The van der Waals surface area contributed by atoms with Gasteiger partial charge in [-0.05, 0) is 29.7 Å². The topological polar surface area (TPSA) is 39.2 Å². The van der Waals surface area contributed by atoms with Gasteiger partial charge in [-0.2, -0.15) is 0 Å². The van der Waals surface area contributed by atoms with Crippen LogP contribution in [0.5, 0.6) is 0 Å². The lowest BCUT2D eigenvalue weighted by atomic mass is 10.1. The van der Waals surface area contributed by atoms with Crippen molar-refractivity contribution in [1.82, 2.24) is 4.98 Å². The lowest BCUT2D eigenvalue weighted by molar-refractivity contribution is 0.112. The van der Waals surface area contributed by atoms with E-state index < -0.39 is 0 Å². The van der Waals surface area contributed by atoms with Crippen LogP contribution < -0.4 is 0 Å². The third-order valence-electron chi connectivity index (χ3n) is 3.36. The number of hydrogen-bond donors (Lipinski definition) is 0. The Morgan fingerprint density at radius 2 is 2.14 bits per heavy atom. The van der Waals surface area contributed by atoms with Crippen molar-refractivity contribution in [3.63, 3.8) is 0 Å². The molecule has 0 amide bonds. The molecule has 1 aromatic carbocycles. The van der Waals surface area contributed by atoms with E-state index in [0.29, 0.717) is 29.5 Å². The molecule has 0 saturated heterocycles. The zero-order valence-corrected chi connectivity index (χ0v) is 12.9. The molecule has 0 atom stereocenters. The van der Waals surface area contributed by atoms with E-state index in [2.05, 4.69) is 4.98 Å². The number of benzene rings is 1. The Kier molecular flexibility index (Phi) is 4.48. The average Bonchev–Trinajstić information content (AvgIpc) is 2.93. The van der Waals surface area contributed by atoms with Crippen LogP contribution in [0.1, 0.15) is 32.4 Å². The number of carbonyl (C=O) groups excluding carboxylic acids is 1. The Morgan fingerprint density at radius 1 is 1.33 bits per heavy atom. The second kappa shape index (κ2) is 6.52. The molecule has 0 fully saturated rings. The maximum atomic E-state index is 11.3. The van der Waals surface area contributed by atoms with Crippen LogP contribution in [0, 0.1) is 0 Å². The largest absolute Gasteiger partial charge is 0.377 e. The second-order valence-corrected chi connectivity index (χ2v) is 6.27. The molecule has 2 aromatic rings. The van der Waals surface area contributed by atoms with E-state index in [1.165, 1.54) is 16.9 Å². The molecule has 0 saturated carbocycles. The van der Waals surface area contributed by atoms with Crippen LogP contribution in [-0.4, -0.2) is 24.5 Å². The highest BCUT2D eigenvalue weighted by molar-refractivity contribution is 7.14. The molecule has 0 spiro atoms. The number of halogens is 1. The molecule has 1 aliphatic heterocycles. The van der Waals surface area contributed by atoms with E-state index in [1.54, 1.807) is 0 Å². The first-order chi connectivity index (χ1) is 10.3. The predicted octanol–water partition coefficient (Wildman–Crippen LogP) is 4.00. The lowest BCUT2D eigenvalue weighted by Gasteiger charge is -2.10. The van der Waals surface area contributed by atoms with Gasteiger partial charge in [0.05, 0.1) is 23.8 Å². The Balaban J connectivity index is 1.87. The van der Waals surface area contributed by atoms with Crippen molar-refractivity contribution in [2.45, 2.75) is 12.8 Å². The van der Waals surface area contributed by atoms with Gasteiger partial charge in [0.15, 0.2) is 6.29 Å². The molecule has 1 aliphatic rings. The van der Waals surface area contributed by atoms with Gasteiger partial charge in [0.2, 0.25) is 0 Å². The van der Waals surface area contributed by atoms with Crippen molar-refractivity contribution in [1.29, 1.82) is 0 Å². The Hall–Kier alpha value is -1.49. The maximum absolute atomic E-state index is 11.3. The minimum absolute atomic E-state index is 0.623. The van der Waals surface area contributed by atoms with Gasteiger partial charge in [-0.1, -0.05) is 29.8 Å². The number of aromatic nitrogens is 1. The summed E-state index contributed by atoms with van der Waals surface area (Å²) in [5.41, 5.74) is 3.11. The minimum atomic E-state index is 0.623. The Morgan fingerprint density at radius 3 is 2.81 bits per heavy atom. The second-order valence-electron chi connectivity index (χ2n) is 4.81. The van der Waals surface area contributed by atoms with Crippen molar-refractivity contribution in [3.05, 3.63) is 56.5 Å². The first-order valence-electron chi connectivity index (χ1n) is 6.73. The van der Waals surface area contributed by atoms with Crippen LogP contribution in [-0.2, 0) is 11.2 Å². The number of carbonyl (C=O) groups is 1. The van der Waals surface area contributed by atoms with Crippen LogP contribution in [0.3, 0.4) is 0 Å². The molecule has 5 heteroatoms. The SMILES string of the molecule is O=Cc1sc(C2=CCOCC2)nc1Cc1ccc(Cl)cc1. The standard InChI is InChI=1S/C16H14ClNO2S/c17-13-3-1-11(2-4-13)9-14-15(10-19)21-16(18-14)12-5-7-20-8-6-12/h1-5,10H,6-9H2. The van der Waals surface area contributed by atoms with Crippen LogP contribution in [0.15, 0.2) is 30.3 Å². The summed E-state index contributed by atoms with van der Waals surface area (Å²) in [5.74, 6) is 0. The van der Waals surface area contributed by atoms with Crippen molar-refractivity contribution < 1.29 is 9.53 Å². The number of aldehydes is 1. The normalized spacial score (nSPS) is 14.8. The summed E-state index contributed by atoms with van der Waals surface area (Å²) in [7, 11) is 0. The van der Waals surface area contributed by atoms with E-state index in [4.69, 9.17) is 16.3 Å². The molecular formula is C16H14ClNO2S. The summed E-state index contributed by atoms with van der Waals surface area (Å²) < 4.78 is 5.31. The van der Waals surface area contributed by atoms with Crippen LogP contribution >= 0.6 is 22.9 Å². The Labute approximate surface area is 132 Å². The van der Waals surface area contributed by atoms with Crippen molar-refractivity contribution >= 4 is 34.8 Å². The fourth-order valence-corrected chi connectivity index (χ4v) is 3.33. The predicted molar refractivity (Wildman–Crippen MR) is 85.2 cm³/mol. The molecule has 2 heterocycles. The van der Waals surface area contributed by atoms with Gasteiger partial charge in [0, 0.05) is 11.4 Å². The van der Waals surface area contributed by atoms with Gasteiger partial charge in [-0.3, -0.25) is 4.79 Å². The highest BCUT2D eigenvalue weighted by Crippen LogP contribution is 2.28. The van der Waals surface area contributed by atoms with Gasteiger partial charge >= 0.3 is 0 Å². The van der Waals surface area contributed by atoms with Gasteiger partial charge in [0.25, 0.3) is 0 Å². The van der Waals surface area contributed by atoms with Gasteiger partial charge in [-0.25, -0.2) is 4.98 Å². The van der Waals surface area contributed by atoms with E-state index in [9.17, 15) is 4.79 Å². The molecule has 0 unspecified atom stereocenters. The van der Waals surface area contributed by atoms with E-state index in [0.717, 1.165) is 29.0 Å². The lowest BCUT2D eigenvalue weighted by Crippen LogP contribution is -2.03. The average molecular weight is 320 g/mol. The minimum Gasteiger partial charge on any atom is -0.377 e.